The molecule has 0 aliphatic carbocycles. The molecule has 1 unspecified atom stereocenters. The van der Waals surface area contributed by atoms with Crippen molar-refractivity contribution in [1.29, 1.82) is 0 Å². The van der Waals surface area contributed by atoms with Crippen LogP contribution in [0.1, 0.15) is 54.0 Å². The van der Waals surface area contributed by atoms with E-state index >= 15 is 0 Å². The van der Waals surface area contributed by atoms with Gasteiger partial charge in [-0.05, 0) is 84.7 Å². The molecule has 2 rings (SSSR count). The monoisotopic (exact) mass is 543 g/mol. The molecule has 0 radical (unpaired) electrons. The topological polar surface area (TPSA) is 137 Å². The summed E-state index contributed by atoms with van der Waals surface area (Å²) in [4.78, 5) is 49.0. The highest BCUT2D eigenvalue weighted by Crippen LogP contribution is 2.33. The van der Waals surface area contributed by atoms with Crippen LogP contribution in [0.2, 0.25) is 0 Å². The lowest BCUT2D eigenvalue weighted by Crippen LogP contribution is -2.42. The van der Waals surface area contributed by atoms with E-state index in [2.05, 4.69) is 5.32 Å². The number of carbonyl (C=O) groups excluding carboxylic acids is 3. The Hall–Kier alpha value is -3.92. The van der Waals surface area contributed by atoms with Crippen molar-refractivity contribution in [3.63, 3.8) is 0 Å². The molecule has 0 amide bonds. The van der Waals surface area contributed by atoms with Crippen molar-refractivity contribution < 1.29 is 43.2 Å². The van der Waals surface area contributed by atoms with Gasteiger partial charge in [0.2, 0.25) is 0 Å². The molecule has 0 saturated carbocycles. The van der Waals surface area contributed by atoms with Gasteiger partial charge >= 0.3 is 24.1 Å². The van der Waals surface area contributed by atoms with Crippen LogP contribution in [0.25, 0.3) is 0 Å². The number of hydrogen-bond acceptors (Lipinski definition) is 9. The zero-order valence-corrected chi connectivity index (χ0v) is 23.4. The van der Waals surface area contributed by atoms with Gasteiger partial charge in [0.05, 0.1) is 10.8 Å². The molecule has 2 aromatic rings. The fourth-order valence-electron chi connectivity index (χ4n) is 2.95. The molecule has 2 N–H and O–H groups in total. The molecular weight excluding hydrogens is 506 g/mol. The van der Waals surface area contributed by atoms with E-state index in [9.17, 15) is 24.3 Å². The normalized spacial score (nSPS) is 13.1. The first-order valence-corrected chi connectivity index (χ1v) is 12.5. The number of esters is 2. The number of aliphatic carboxylic acids is 1. The van der Waals surface area contributed by atoms with Crippen LogP contribution < -0.4 is 19.5 Å². The maximum atomic E-state index is 12.6. The summed E-state index contributed by atoms with van der Waals surface area (Å²) in [6.45, 7) is 11.8. The summed E-state index contributed by atoms with van der Waals surface area (Å²) >= 11 is 0. The van der Waals surface area contributed by atoms with E-state index in [4.69, 9.17) is 18.9 Å². The Kier molecular flexibility index (Phi) is 10.6. The standard InChI is InChI=1S/C29H37NO9/c1-18(36-27(35)37-20-11-9-8-10-12-20)17-30-21(24(31)32)15-19-13-14-22(38-25(33)28(2,3)4)23(16-19)39-26(34)29(5,6)7/h8-14,16,18,21,30H,15,17H2,1-7H3,(H,31,32)/t18?,21-/m0/s1. The van der Waals surface area contributed by atoms with Gasteiger partial charge in [0.15, 0.2) is 11.5 Å². The zero-order chi connectivity index (χ0) is 29.4. The zero-order valence-electron chi connectivity index (χ0n) is 23.4. The van der Waals surface area contributed by atoms with E-state index in [0.29, 0.717) is 11.3 Å². The van der Waals surface area contributed by atoms with Crippen molar-refractivity contribution >= 4 is 24.1 Å². The van der Waals surface area contributed by atoms with E-state index in [0.717, 1.165) is 0 Å². The van der Waals surface area contributed by atoms with Gasteiger partial charge in [-0.1, -0.05) is 24.3 Å². The molecule has 0 aliphatic rings. The minimum absolute atomic E-state index is 0.00405. The SMILES string of the molecule is CC(CN[C@@H](Cc1ccc(OC(=O)C(C)(C)C)c(OC(=O)C(C)(C)C)c1)C(=O)O)OC(=O)Oc1ccccc1. The molecule has 2 atom stereocenters. The van der Waals surface area contributed by atoms with E-state index in [-0.39, 0.29) is 24.5 Å². The van der Waals surface area contributed by atoms with Crippen LogP contribution in [0.4, 0.5) is 4.79 Å². The fourth-order valence-corrected chi connectivity index (χ4v) is 2.95. The summed E-state index contributed by atoms with van der Waals surface area (Å²) in [5, 5.41) is 12.6. The number of rotatable bonds is 10. The summed E-state index contributed by atoms with van der Waals surface area (Å²) in [5.41, 5.74) is -1.11. The summed E-state index contributed by atoms with van der Waals surface area (Å²) in [5.74, 6) is -1.82. The van der Waals surface area contributed by atoms with Crippen LogP contribution >= 0.6 is 0 Å². The number of carboxylic acid groups (broad SMARTS) is 1. The van der Waals surface area contributed by atoms with Gasteiger partial charge in [0.1, 0.15) is 17.9 Å². The third-order valence-electron chi connectivity index (χ3n) is 5.27. The lowest BCUT2D eigenvalue weighted by atomic mass is 9.97. The molecule has 39 heavy (non-hydrogen) atoms. The second-order valence-corrected chi connectivity index (χ2v) is 11.2. The van der Waals surface area contributed by atoms with Gasteiger partial charge in [0.25, 0.3) is 0 Å². The Balaban J connectivity index is 2.12. The molecular formula is C29H37NO9. The number of benzene rings is 2. The Bertz CT molecular complexity index is 1160. The van der Waals surface area contributed by atoms with E-state index in [1.54, 1.807) is 84.9 Å². The van der Waals surface area contributed by atoms with Gasteiger partial charge in [-0.25, -0.2) is 4.79 Å². The lowest BCUT2D eigenvalue weighted by Gasteiger charge is -2.22. The van der Waals surface area contributed by atoms with Crippen molar-refractivity contribution in [3.05, 3.63) is 54.1 Å². The van der Waals surface area contributed by atoms with Crippen LogP contribution in [0.15, 0.2) is 48.5 Å². The van der Waals surface area contributed by atoms with E-state index in [1.165, 1.54) is 12.1 Å². The van der Waals surface area contributed by atoms with Gasteiger partial charge < -0.3 is 29.4 Å². The van der Waals surface area contributed by atoms with Crippen molar-refractivity contribution in [2.75, 3.05) is 6.54 Å². The van der Waals surface area contributed by atoms with Crippen molar-refractivity contribution in [2.45, 2.75) is 67.0 Å². The summed E-state index contributed by atoms with van der Waals surface area (Å²) in [7, 11) is 0. The molecule has 212 valence electrons. The Morgan fingerprint density at radius 3 is 1.92 bits per heavy atom. The van der Waals surface area contributed by atoms with Crippen LogP contribution in [-0.4, -0.2) is 47.9 Å². The molecule has 2 aromatic carbocycles. The number of ether oxygens (including phenoxy) is 4. The second-order valence-electron chi connectivity index (χ2n) is 11.2. The van der Waals surface area contributed by atoms with Crippen LogP contribution in [-0.2, 0) is 25.5 Å². The van der Waals surface area contributed by atoms with Gasteiger partial charge in [-0.15, -0.1) is 0 Å². The second kappa shape index (κ2) is 13.2. The fraction of sp³-hybridized carbons (Fsp3) is 0.448. The molecule has 0 saturated heterocycles. The van der Waals surface area contributed by atoms with E-state index in [1.807, 2.05) is 0 Å². The predicted molar refractivity (Wildman–Crippen MR) is 143 cm³/mol. The molecule has 0 aromatic heterocycles. The number of carbonyl (C=O) groups is 4. The molecule has 0 spiro atoms. The largest absolute Gasteiger partial charge is 0.514 e. The molecule has 10 heteroatoms. The quantitative estimate of drug-likeness (QED) is 0.245. The van der Waals surface area contributed by atoms with Crippen molar-refractivity contribution in [2.24, 2.45) is 10.8 Å². The highest BCUT2D eigenvalue weighted by molar-refractivity contribution is 5.81. The number of para-hydroxylation sites is 1. The molecule has 0 heterocycles. The first-order chi connectivity index (χ1) is 18.1. The highest BCUT2D eigenvalue weighted by atomic mass is 16.7. The number of nitrogens with one attached hydrogen (secondary N) is 1. The summed E-state index contributed by atoms with van der Waals surface area (Å²) in [6.07, 6.45) is -1.59. The van der Waals surface area contributed by atoms with Gasteiger partial charge in [-0.3, -0.25) is 14.4 Å². The van der Waals surface area contributed by atoms with Crippen molar-refractivity contribution in [1.82, 2.24) is 5.32 Å². The van der Waals surface area contributed by atoms with Crippen molar-refractivity contribution in [3.8, 4) is 17.2 Å². The average molecular weight is 544 g/mol. The van der Waals surface area contributed by atoms with Crippen LogP contribution in [0.3, 0.4) is 0 Å². The molecule has 0 bridgehead atoms. The maximum absolute atomic E-state index is 12.6. The smallest absolute Gasteiger partial charge is 0.480 e. The average Bonchev–Trinajstić information content (AvgIpc) is 2.82. The molecule has 10 nitrogen and oxygen atoms in total. The molecule has 0 aliphatic heterocycles. The maximum Gasteiger partial charge on any atom is 0.514 e. The minimum Gasteiger partial charge on any atom is -0.480 e. The number of hydrogen-bond donors (Lipinski definition) is 2. The first-order valence-electron chi connectivity index (χ1n) is 12.5. The lowest BCUT2D eigenvalue weighted by molar-refractivity contribution is -0.145. The van der Waals surface area contributed by atoms with Crippen LogP contribution in [0, 0.1) is 10.8 Å². The number of carboxylic acids is 1. The first kappa shape index (κ1) is 31.3. The van der Waals surface area contributed by atoms with Gasteiger partial charge in [-0.2, -0.15) is 0 Å². The van der Waals surface area contributed by atoms with E-state index < -0.39 is 47.0 Å². The minimum atomic E-state index is -1.13. The van der Waals surface area contributed by atoms with Crippen LogP contribution in [0.5, 0.6) is 17.2 Å². The summed E-state index contributed by atoms with van der Waals surface area (Å²) in [6, 6.07) is 11.9. The third-order valence-corrected chi connectivity index (χ3v) is 5.27. The Morgan fingerprint density at radius 1 is 0.821 bits per heavy atom. The Morgan fingerprint density at radius 2 is 1.38 bits per heavy atom. The Labute approximate surface area is 228 Å². The third kappa shape index (κ3) is 10.4. The van der Waals surface area contributed by atoms with Gasteiger partial charge in [0, 0.05) is 6.54 Å². The molecule has 0 fully saturated rings. The predicted octanol–water partition coefficient (Wildman–Crippen LogP) is 4.78. The highest BCUT2D eigenvalue weighted by Gasteiger charge is 2.29. The summed E-state index contributed by atoms with van der Waals surface area (Å²) < 4.78 is 21.3.